The van der Waals surface area contributed by atoms with Gasteiger partial charge in [0.2, 0.25) is 0 Å². The Hall–Kier alpha value is -1.55. The number of hydrogen-bond acceptors (Lipinski definition) is 3. The number of aliphatic hydroxyl groups is 1. The molecule has 4 heteroatoms. The van der Waals surface area contributed by atoms with Crippen molar-refractivity contribution in [1.29, 1.82) is 0 Å². The van der Waals surface area contributed by atoms with Gasteiger partial charge in [-0.05, 0) is 26.3 Å². The van der Waals surface area contributed by atoms with Crippen LogP contribution in [-0.4, -0.2) is 23.4 Å². The fourth-order valence-corrected chi connectivity index (χ4v) is 1.89. The Morgan fingerprint density at radius 1 is 1.20 bits per heavy atom. The van der Waals surface area contributed by atoms with Crippen molar-refractivity contribution in [2.45, 2.75) is 46.3 Å². The highest BCUT2D eigenvalue weighted by atomic mass is 16.6. The molecule has 1 unspecified atom stereocenters. The Bertz CT molecular complexity index is 435. The Morgan fingerprint density at radius 2 is 1.75 bits per heavy atom. The average Bonchev–Trinajstić information content (AvgIpc) is 2.35. The van der Waals surface area contributed by atoms with E-state index in [1.807, 2.05) is 65.0 Å². The van der Waals surface area contributed by atoms with Gasteiger partial charge in [-0.15, -0.1) is 0 Å². The van der Waals surface area contributed by atoms with Gasteiger partial charge in [-0.3, -0.25) is 0 Å². The summed E-state index contributed by atoms with van der Waals surface area (Å²) in [4.78, 5) is 12.0. The summed E-state index contributed by atoms with van der Waals surface area (Å²) in [6.07, 6.45) is -0.479. The molecule has 0 saturated heterocycles. The first-order valence-corrected chi connectivity index (χ1v) is 6.81. The van der Waals surface area contributed by atoms with E-state index >= 15 is 0 Å². The van der Waals surface area contributed by atoms with Gasteiger partial charge in [0.15, 0.2) is 0 Å². The second-order valence-corrected chi connectivity index (χ2v) is 6.64. The van der Waals surface area contributed by atoms with Crippen molar-refractivity contribution in [1.82, 2.24) is 5.32 Å². The van der Waals surface area contributed by atoms with Crippen molar-refractivity contribution in [3.63, 3.8) is 0 Å². The van der Waals surface area contributed by atoms with Gasteiger partial charge in [-0.25, -0.2) is 4.79 Å². The molecule has 20 heavy (non-hydrogen) atoms. The highest BCUT2D eigenvalue weighted by Crippen LogP contribution is 2.33. The molecular weight excluding hydrogens is 254 g/mol. The third-order valence-electron chi connectivity index (χ3n) is 2.98. The first kappa shape index (κ1) is 16.5. The summed E-state index contributed by atoms with van der Waals surface area (Å²) in [5, 5.41) is 12.4. The molecule has 0 spiro atoms. The molecule has 0 fully saturated rings. The lowest BCUT2D eigenvalue weighted by molar-refractivity contribution is 0.0406. The fourth-order valence-electron chi connectivity index (χ4n) is 1.89. The summed E-state index contributed by atoms with van der Waals surface area (Å²) in [5.74, 6) is 0. The Balaban J connectivity index is 2.93. The molecule has 1 aromatic rings. The minimum absolute atomic E-state index is 0.0393. The number of aliphatic hydroxyl groups excluding tert-OH is 1. The predicted octanol–water partition coefficient (Wildman–Crippen LogP) is 3.27. The van der Waals surface area contributed by atoms with Crippen molar-refractivity contribution in [3.05, 3.63) is 35.9 Å². The zero-order chi connectivity index (χ0) is 15.4. The van der Waals surface area contributed by atoms with Gasteiger partial charge < -0.3 is 15.2 Å². The predicted molar refractivity (Wildman–Crippen MR) is 79.4 cm³/mol. The summed E-state index contributed by atoms with van der Waals surface area (Å²) in [5.41, 5.74) is -0.0927. The Kier molecular flexibility index (Phi) is 5.17. The molecule has 0 bridgehead atoms. The lowest BCUT2D eigenvalue weighted by Crippen LogP contribution is -2.42. The lowest BCUT2D eigenvalue weighted by atomic mass is 9.81. The molecular formula is C16H25NO3. The van der Waals surface area contributed by atoms with Crippen LogP contribution in [0, 0.1) is 5.41 Å². The first-order chi connectivity index (χ1) is 9.15. The molecule has 0 radical (unpaired) electrons. The maximum atomic E-state index is 12.0. The number of amides is 1. The molecule has 112 valence electrons. The SMILES string of the molecule is CC(C)(C)OC(=O)NC(c1ccccc1)C(C)(C)CO. The molecule has 2 N–H and O–H groups in total. The molecule has 1 aromatic carbocycles. The zero-order valence-corrected chi connectivity index (χ0v) is 12.9. The summed E-state index contributed by atoms with van der Waals surface area (Å²) < 4.78 is 5.30. The van der Waals surface area contributed by atoms with Crippen LogP contribution in [0.15, 0.2) is 30.3 Å². The molecule has 1 amide bonds. The van der Waals surface area contributed by atoms with Crippen LogP contribution < -0.4 is 5.32 Å². The second kappa shape index (κ2) is 6.27. The van der Waals surface area contributed by atoms with Crippen molar-refractivity contribution in [2.75, 3.05) is 6.61 Å². The van der Waals surface area contributed by atoms with Crippen LogP contribution in [-0.2, 0) is 4.74 Å². The fraction of sp³-hybridized carbons (Fsp3) is 0.562. The van der Waals surface area contributed by atoms with Crippen LogP contribution >= 0.6 is 0 Å². The first-order valence-electron chi connectivity index (χ1n) is 6.81. The molecule has 0 aliphatic heterocycles. The number of hydrogen-bond donors (Lipinski definition) is 2. The van der Waals surface area contributed by atoms with Crippen molar-refractivity contribution in [3.8, 4) is 0 Å². The number of carbonyl (C=O) groups excluding carboxylic acids is 1. The molecule has 1 atom stereocenters. The maximum absolute atomic E-state index is 12.0. The third-order valence-corrected chi connectivity index (χ3v) is 2.98. The maximum Gasteiger partial charge on any atom is 0.408 e. The van der Waals surface area contributed by atoms with Gasteiger partial charge in [0, 0.05) is 5.41 Å². The van der Waals surface area contributed by atoms with E-state index in [2.05, 4.69) is 5.32 Å². The van der Waals surface area contributed by atoms with E-state index in [1.54, 1.807) is 0 Å². The van der Waals surface area contributed by atoms with Gasteiger partial charge in [0.1, 0.15) is 5.60 Å². The monoisotopic (exact) mass is 279 g/mol. The quantitative estimate of drug-likeness (QED) is 0.889. The second-order valence-electron chi connectivity index (χ2n) is 6.64. The van der Waals surface area contributed by atoms with Crippen LogP contribution in [0.2, 0.25) is 0 Å². The number of benzene rings is 1. The largest absolute Gasteiger partial charge is 0.444 e. The lowest BCUT2D eigenvalue weighted by Gasteiger charge is -2.34. The number of carbonyl (C=O) groups is 1. The normalized spacial score (nSPS) is 13.7. The molecule has 0 aliphatic carbocycles. The van der Waals surface area contributed by atoms with E-state index in [0.717, 1.165) is 5.56 Å². The smallest absolute Gasteiger partial charge is 0.408 e. The van der Waals surface area contributed by atoms with Crippen LogP contribution in [0.3, 0.4) is 0 Å². The van der Waals surface area contributed by atoms with Crippen LogP contribution in [0.4, 0.5) is 4.79 Å². The summed E-state index contributed by atoms with van der Waals surface area (Å²) in [7, 11) is 0. The van der Waals surface area contributed by atoms with Gasteiger partial charge in [-0.1, -0.05) is 44.2 Å². The van der Waals surface area contributed by atoms with E-state index in [4.69, 9.17) is 4.74 Å². The van der Waals surface area contributed by atoms with Gasteiger partial charge in [-0.2, -0.15) is 0 Å². The van der Waals surface area contributed by atoms with Gasteiger partial charge >= 0.3 is 6.09 Å². The topological polar surface area (TPSA) is 58.6 Å². The molecule has 0 aromatic heterocycles. The molecule has 0 heterocycles. The third kappa shape index (κ3) is 4.85. The standard InChI is InChI=1S/C16H25NO3/c1-15(2,3)20-14(19)17-13(16(4,5)11-18)12-9-7-6-8-10-12/h6-10,13,18H,11H2,1-5H3,(H,17,19). The number of rotatable bonds is 4. The Morgan fingerprint density at radius 3 is 2.20 bits per heavy atom. The van der Waals surface area contributed by atoms with Crippen molar-refractivity contribution in [2.24, 2.45) is 5.41 Å². The molecule has 1 rings (SSSR count). The summed E-state index contributed by atoms with van der Waals surface area (Å²) in [6, 6.07) is 9.28. The summed E-state index contributed by atoms with van der Waals surface area (Å²) >= 11 is 0. The minimum atomic E-state index is -0.547. The van der Waals surface area contributed by atoms with E-state index in [9.17, 15) is 9.90 Å². The highest BCUT2D eigenvalue weighted by molar-refractivity contribution is 5.68. The minimum Gasteiger partial charge on any atom is -0.444 e. The van der Waals surface area contributed by atoms with Crippen LogP contribution in [0.25, 0.3) is 0 Å². The zero-order valence-electron chi connectivity index (χ0n) is 12.9. The highest BCUT2D eigenvalue weighted by Gasteiger charge is 2.32. The van der Waals surface area contributed by atoms with E-state index in [0.29, 0.717) is 0 Å². The summed E-state index contributed by atoms with van der Waals surface area (Å²) in [6.45, 7) is 9.23. The Labute approximate surface area is 121 Å². The average molecular weight is 279 g/mol. The molecule has 0 saturated carbocycles. The molecule has 0 aliphatic rings. The van der Waals surface area contributed by atoms with Crippen LogP contribution in [0.5, 0.6) is 0 Å². The molecule has 4 nitrogen and oxygen atoms in total. The van der Waals surface area contributed by atoms with E-state index in [1.165, 1.54) is 0 Å². The van der Waals surface area contributed by atoms with Gasteiger partial charge in [0.05, 0.1) is 12.6 Å². The van der Waals surface area contributed by atoms with Crippen molar-refractivity contribution < 1.29 is 14.6 Å². The van der Waals surface area contributed by atoms with Crippen LogP contribution in [0.1, 0.15) is 46.2 Å². The van der Waals surface area contributed by atoms with E-state index < -0.39 is 17.1 Å². The van der Waals surface area contributed by atoms with Gasteiger partial charge in [0.25, 0.3) is 0 Å². The van der Waals surface area contributed by atoms with E-state index in [-0.39, 0.29) is 12.6 Å². The van der Waals surface area contributed by atoms with Crippen molar-refractivity contribution >= 4 is 6.09 Å². The number of nitrogens with one attached hydrogen (secondary N) is 1. The number of alkyl carbamates (subject to hydrolysis) is 1. The number of ether oxygens (including phenoxy) is 1.